The van der Waals surface area contributed by atoms with Crippen molar-refractivity contribution in [3.05, 3.63) is 29.3 Å². The Bertz CT molecular complexity index is 530. The monoisotopic (exact) mass is 302 g/mol. The van der Waals surface area contributed by atoms with Crippen LogP contribution >= 0.6 is 0 Å². The summed E-state index contributed by atoms with van der Waals surface area (Å²) in [6.07, 6.45) is 1.99. The van der Waals surface area contributed by atoms with E-state index in [0.29, 0.717) is 12.5 Å². The van der Waals surface area contributed by atoms with Crippen LogP contribution in [0.2, 0.25) is 0 Å². The minimum Gasteiger partial charge on any atom is -0.381 e. The highest BCUT2D eigenvalue weighted by Gasteiger charge is 2.29. The number of hydrogen-bond donors (Lipinski definition) is 0. The Morgan fingerprint density at radius 2 is 1.95 bits per heavy atom. The summed E-state index contributed by atoms with van der Waals surface area (Å²) < 4.78 is 5.46. The lowest BCUT2D eigenvalue weighted by molar-refractivity contribution is -0.140. The first kappa shape index (κ1) is 15.3. The van der Waals surface area contributed by atoms with E-state index in [4.69, 9.17) is 4.74 Å². The number of rotatable bonds is 2. The van der Waals surface area contributed by atoms with Crippen molar-refractivity contribution >= 4 is 11.6 Å². The average Bonchev–Trinajstić information content (AvgIpc) is 2.58. The molecule has 0 aromatic heterocycles. The minimum absolute atomic E-state index is 0.0843. The fourth-order valence-electron chi connectivity index (χ4n) is 3.44. The molecule has 0 aliphatic carbocycles. The van der Waals surface area contributed by atoms with E-state index in [1.54, 1.807) is 0 Å². The van der Waals surface area contributed by atoms with Crippen molar-refractivity contribution in [2.24, 2.45) is 5.92 Å². The Morgan fingerprint density at radius 3 is 2.64 bits per heavy atom. The predicted molar refractivity (Wildman–Crippen MR) is 88.3 cm³/mol. The normalized spacial score (nSPS) is 22.7. The molecule has 3 rings (SSSR count). The summed E-state index contributed by atoms with van der Waals surface area (Å²) in [5.74, 6) is 0.376. The Kier molecular flexibility index (Phi) is 4.67. The number of nitrogens with zero attached hydrogens (tertiary/aromatic N) is 2. The quantitative estimate of drug-likeness (QED) is 0.841. The van der Waals surface area contributed by atoms with Gasteiger partial charge in [0.15, 0.2) is 0 Å². The van der Waals surface area contributed by atoms with Crippen LogP contribution in [0.4, 0.5) is 5.69 Å². The largest absolute Gasteiger partial charge is 0.381 e. The average molecular weight is 302 g/mol. The van der Waals surface area contributed by atoms with E-state index in [1.165, 1.54) is 16.8 Å². The molecule has 0 N–H and O–H groups in total. The molecule has 2 saturated heterocycles. The van der Waals surface area contributed by atoms with Gasteiger partial charge in [-0.25, -0.2) is 0 Å². The molecular weight excluding hydrogens is 276 g/mol. The maximum absolute atomic E-state index is 12.5. The van der Waals surface area contributed by atoms with Gasteiger partial charge in [0.2, 0.25) is 5.91 Å². The van der Waals surface area contributed by atoms with Gasteiger partial charge in [0.05, 0.1) is 12.5 Å². The van der Waals surface area contributed by atoms with Crippen LogP contribution in [0.15, 0.2) is 18.2 Å². The lowest BCUT2D eigenvalue weighted by Gasteiger charge is -2.38. The zero-order chi connectivity index (χ0) is 15.5. The van der Waals surface area contributed by atoms with E-state index < -0.39 is 0 Å². The summed E-state index contributed by atoms with van der Waals surface area (Å²) in [5, 5.41) is 0. The van der Waals surface area contributed by atoms with E-state index >= 15 is 0 Å². The molecule has 2 aliphatic rings. The number of aryl methyl sites for hydroxylation is 1. The van der Waals surface area contributed by atoms with Gasteiger partial charge < -0.3 is 14.5 Å². The van der Waals surface area contributed by atoms with Gasteiger partial charge in [0.1, 0.15) is 0 Å². The van der Waals surface area contributed by atoms with Crippen LogP contribution in [0.5, 0.6) is 0 Å². The lowest BCUT2D eigenvalue weighted by atomic mass is 10.00. The molecule has 0 spiro atoms. The van der Waals surface area contributed by atoms with Gasteiger partial charge in [-0.2, -0.15) is 0 Å². The smallest absolute Gasteiger partial charge is 0.228 e. The molecule has 1 amide bonds. The van der Waals surface area contributed by atoms with Crippen molar-refractivity contribution in [1.82, 2.24) is 4.90 Å². The SMILES string of the molecule is Cc1cccc(N2CCN(C(=O)C3CCCOC3)CC2)c1C. The molecule has 1 atom stereocenters. The van der Waals surface area contributed by atoms with Crippen LogP contribution in [0.25, 0.3) is 0 Å². The molecule has 1 aromatic rings. The highest BCUT2D eigenvalue weighted by molar-refractivity contribution is 5.79. The number of benzene rings is 1. The first-order valence-electron chi connectivity index (χ1n) is 8.34. The summed E-state index contributed by atoms with van der Waals surface area (Å²) in [5.41, 5.74) is 3.99. The van der Waals surface area contributed by atoms with E-state index in [2.05, 4.69) is 36.9 Å². The summed E-state index contributed by atoms with van der Waals surface area (Å²) in [6.45, 7) is 9.24. The number of carbonyl (C=O) groups excluding carboxylic acids is 1. The van der Waals surface area contributed by atoms with Gasteiger partial charge in [-0.15, -0.1) is 0 Å². The van der Waals surface area contributed by atoms with Crippen molar-refractivity contribution in [1.29, 1.82) is 0 Å². The fourth-order valence-corrected chi connectivity index (χ4v) is 3.44. The molecule has 2 fully saturated rings. The number of ether oxygens (including phenoxy) is 1. The third-order valence-electron chi connectivity index (χ3n) is 5.02. The van der Waals surface area contributed by atoms with E-state index in [9.17, 15) is 4.79 Å². The molecule has 4 nitrogen and oxygen atoms in total. The summed E-state index contributed by atoms with van der Waals surface area (Å²) in [4.78, 5) is 17.0. The van der Waals surface area contributed by atoms with Crippen molar-refractivity contribution in [2.75, 3.05) is 44.3 Å². The van der Waals surface area contributed by atoms with E-state index in [1.807, 2.05) is 4.90 Å². The molecule has 2 aliphatic heterocycles. The van der Waals surface area contributed by atoms with Gasteiger partial charge in [-0.05, 0) is 43.9 Å². The zero-order valence-corrected chi connectivity index (χ0v) is 13.7. The van der Waals surface area contributed by atoms with Crippen LogP contribution in [0, 0.1) is 19.8 Å². The zero-order valence-electron chi connectivity index (χ0n) is 13.7. The van der Waals surface area contributed by atoms with Crippen molar-refractivity contribution < 1.29 is 9.53 Å². The summed E-state index contributed by atoms with van der Waals surface area (Å²) >= 11 is 0. The van der Waals surface area contributed by atoms with Gasteiger partial charge in [0.25, 0.3) is 0 Å². The molecule has 1 unspecified atom stereocenters. The number of anilines is 1. The van der Waals surface area contributed by atoms with E-state index in [-0.39, 0.29) is 5.92 Å². The number of carbonyl (C=O) groups is 1. The second-order valence-corrected chi connectivity index (χ2v) is 6.45. The molecular formula is C18H26N2O2. The summed E-state index contributed by atoms with van der Waals surface area (Å²) in [7, 11) is 0. The number of amides is 1. The van der Waals surface area contributed by atoms with Crippen LogP contribution in [-0.4, -0.2) is 50.2 Å². The second-order valence-electron chi connectivity index (χ2n) is 6.45. The van der Waals surface area contributed by atoms with Crippen LogP contribution < -0.4 is 4.90 Å². The molecule has 0 bridgehead atoms. The van der Waals surface area contributed by atoms with Crippen LogP contribution in [0.3, 0.4) is 0 Å². The Morgan fingerprint density at radius 1 is 1.18 bits per heavy atom. The minimum atomic E-state index is 0.0843. The molecule has 0 saturated carbocycles. The first-order valence-corrected chi connectivity index (χ1v) is 8.34. The Labute approximate surface area is 133 Å². The summed E-state index contributed by atoms with van der Waals surface area (Å²) in [6, 6.07) is 6.46. The van der Waals surface area contributed by atoms with Crippen molar-refractivity contribution in [3.63, 3.8) is 0 Å². The number of piperazine rings is 1. The van der Waals surface area contributed by atoms with Crippen molar-refractivity contribution in [3.8, 4) is 0 Å². The molecule has 4 heteroatoms. The Balaban J connectivity index is 1.60. The molecule has 120 valence electrons. The maximum atomic E-state index is 12.5. The molecule has 2 heterocycles. The third kappa shape index (κ3) is 3.12. The van der Waals surface area contributed by atoms with Gasteiger partial charge in [-0.3, -0.25) is 4.79 Å². The topological polar surface area (TPSA) is 32.8 Å². The standard InChI is InChI=1S/C18H26N2O2/c1-14-5-3-7-17(15(14)2)19-8-10-20(11-9-19)18(21)16-6-4-12-22-13-16/h3,5,7,16H,4,6,8-13H2,1-2H3. The highest BCUT2D eigenvalue weighted by Crippen LogP contribution is 2.24. The third-order valence-corrected chi connectivity index (χ3v) is 5.02. The van der Waals surface area contributed by atoms with Crippen LogP contribution in [-0.2, 0) is 9.53 Å². The van der Waals surface area contributed by atoms with Gasteiger partial charge in [-0.1, -0.05) is 12.1 Å². The fraction of sp³-hybridized carbons (Fsp3) is 0.611. The highest BCUT2D eigenvalue weighted by atomic mass is 16.5. The molecule has 0 radical (unpaired) electrons. The maximum Gasteiger partial charge on any atom is 0.228 e. The second kappa shape index (κ2) is 6.69. The molecule has 22 heavy (non-hydrogen) atoms. The van der Waals surface area contributed by atoms with Crippen LogP contribution in [0.1, 0.15) is 24.0 Å². The van der Waals surface area contributed by atoms with Gasteiger partial charge >= 0.3 is 0 Å². The number of hydrogen-bond acceptors (Lipinski definition) is 3. The Hall–Kier alpha value is -1.55. The first-order chi connectivity index (χ1) is 10.7. The van der Waals surface area contributed by atoms with Gasteiger partial charge in [0, 0.05) is 38.5 Å². The van der Waals surface area contributed by atoms with Crippen molar-refractivity contribution in [2.45, 2.75) is 26.7 Å². The predicted octanol–water partition coefficient (Wildman–Crippen LogP) is 2.38. The molecule has 1 aromatic carbocycles. The lowest BCUT2D eigenvalue weighted by Crippen LogP contribution is -2.51. The van der Waals surface area contributed by atoms with E-state index in [0.717, 1.165) is 45.6 Å².